The fourth-order valence-corrected chi connectivity index (χ4v) is 3.33. The van der Waals surface area contributed by atoms with Gasteiger partial charge in [0.15, 0.2) is 0 Å². The third-order valence-electron chi connectivity index (χ3n) is 3.45. The van der Waals surface area contributed by atoms with Crippen LogP contribution >= 0.6 is 45.8 Å². The van der Waals surface area contributed by atoms with Crippen LogP contribution in [-0.2, 0) is 0 Å². The molecule has 0 fully saturated rings. The van der Waals surface area contributed by atoms with Gasteiger partial charge in [0.25, 0.3) is 0 Å². The predicted molar refractivity (Wildman–Crippen MR) is 105 cm³/mol. The van der Waals surface area contributed by atoms with Gasteiger partial charge in [-0.3, -0.25) is 4.79 Å². The van der Waals surface area contributed by atoms with Gasteiger partial charge >= 0.3 is 0 Å². The number of hydrogen-bond acceptors (Lipinski definition) is 2. The minimum Gasteiger partial charge on any atom is -0.457 e. The average Bonchev–Trinajstić information content (AvgIpc) is 2.84. The van der Waals surface area contributed by atoms with Crippen LogP contribution in [0.2, 0.25) is 10.2 Å². The highest BCUT2D eigenvalue weighted by molar-refractivity contribution is 14.1. The Morgan fingerprint density at radius 1 is 1.08 bits per heavy atom. The van der Waals surface area contributed by atoms with Crippen molar-refractivity contribution < 1.29 is 9.53 Å². The van der Waals surface area contributed by atoms with E-state index < -0.39 is 0 Å². The van der Waals surface area contributed by atoms with E-state index in [0.29, 0.717) is 31.3 Å². The second kappa shape index (κ2) is 7.17. The first-order valence-corrected chi connectivity index (χ1v) is 8.91. The lowest BCUT2D eigenvalue weighted by molar-refractivity contribution is 0.103. The van der Waals surface area contributed by atoms with Crippen LogP contribution in [0, 0.1) is 10.5 Å². The Morgan fingerprint density at radius 3 is 2.38 bits per heavy atom. The molecule has 0 saturated carbocycles. The molecule has 0 bridgehead atoms. The van der Waals surface area contributed by atoms with Gasteiger partial charge in [0.2, 0.25) is 5.78 Å². The zero-order valence-electron chi connectivity index (χ0n) is 12.6. The molecule has 1 aromatic heterocycles. The first kappa shape index (κ1) is 17.3. The van der Waals surface area contributed by atoms with E-state index in [1.54, 1.807) is 18.2 Å². The molecule has 0 spiro atoms. The molecule has 0 aliphatic rings. The van der Waals surface area contributed by atoms with Crippen molar-refractivity contribution in [1.82, 2.24) is 4.98 Å². The smallest absolute Gasteiger partial charge is 0.214 e. The second-order valence-corrected chi connectivity index (χ2v) is 7.02. The van der Waals surface area contributed by atoms with Gasteiger partial charge in [-0.05, 0) is 53.8 Å². The maximum atomic E-state index is 12.9. The number of hydrogen-bond donors (Lipinski definition) is 1. The van der Waals surface area contributed by atoms with Crippen molar-refractivity contribution in [3.63, 3.8) is 0 Å². The Balaban J connectivity index is 1.98. The minimum absolute atomic E-state index is 0.226. The topological polar surface area (TPSA) is 42.1 Å². The van der Waals surface area contributed by atoms with E-state index in [9.17, 15) is 4.79 Å². The highest BCUT2D eigenvalue weighted by atomic mass is 127. The Labute approximate surface area is 163 Å². The Bertz CT molecular complexity index is 904. The lowest BCUT2D eigenvalue weighted by Crippen LogP contribution is -2.05. The molecule has 3 aromatic rings. The van der Waals surface area contributed by atoms with Crippen LogP contribution < -0.4 is 4.74 Å². The maximum Gasteiger partial charge on any atom is 0.214 e. The third-order valence-corrected chi connectivity index (χ3v) is 5.60. The number of nitrogens with one attached hydrogen (secondary N) is 1. The summed E-state index contributed by atoms with van der Waals surface area (Å²) in [6.45, 7) is 2.00. The summed E-state index contributed by atoms with van der Waals surface area (Å²) in [4.78, 5) is 15.7. The van der Waals surface area contributed by atoms with Gasteiger partial charge in [-0.25, -0.2) is 0 Å². The lowest BCUT2D eigenvalue weighted by atomic mass is 10.1. The fraction of sp³-hybridized carbons (Fsp3) is 0.0556. The molecular weight excluding hydrogens is 460 g/mol. The highest BCUT2D eigenvalue weighted by Gasteiger charge is 2.22. The first-order chi connectivity index (χ1) is 11.5. The number of aromatic amines is 1. The van der Waals surface area contributed by atoms with E-state index >= 15 is 0 Å². The van der Waals surface area contributed by atoms with Crippen molar-refractivity contribution in [2.75, 3.05) is 0 Å². The number of aryl methyl sites for hydroxylation is 1. The van der Waals surface area contributed by atoms with E-state index in [1.165, 1.54) is 0 Å². The molecule has 122 valence electrons. The van der Waals surface area contributed by atoms with Crippen molar-refractivity contribution in [3.8, 4) is 11.5 Å². The van der Waals surface area contributed by atoms with Crippen LogP contribution in [0.25, 0.3) is 0 Å². The second-order valence-electron chi connectivity index (χ2n) is 5.18. The molecule has 3 rings (SSSR count). The predicted octanol–water partition coefficient (Wildman–Crippen LogP) is 6.26. The lowest BCUT2D eigenvalue weighted by Gasteiger charge is -2.10. The maximum absolute atomic E-state index is 12.9. The number of para-hydroxylation sites is 1. The minimum atomic E-state index is -0.226. The molecule has 2 aromatic carbocycles. The fourth-order valence-electron chi connectivity index (χ4n) is 2.19. The summed E-state index contributed by atoms with van der Waals surface area (Å²) in [6.07, 6.45) is 0. The number of H-pyrrole nitrogens is 1. The van der Waals surface area contributed by atoms with Crippen LogP contribution in [0.4, 0.5) is 0 Å². The largest absolute Gasteiger partial charge is 0.457 e. The summed E-state index contributed by atoms with van der Waals surface area (Å²) in [5.74, 6) is 0.915. The normalized spacial score (nSPS) is 10.7. The Hall–Kier alpha value is -1.50. The van der Waals surface area contributed by atoms with E-state index in [-0.39, 0.29) is 10.9 Å². The Morgan fingerprint density at radius 2 is 1.75 bits per heavy atom. The van der Waals surface area contributed by atoms with Crippen molar-refractivity contribution in [3.05, 3.63) is 79.1 Å². The zero-order valence-corrected chi connectivity index (χ0v) is 16.2. The van der Waals surface area contributed by atoms with Crippen LogP contribution in [0.5, 0.6) is 11.5 Å². The van der Waals surface area contributed by atoms with Gasteiger partial charge in [0.1, 0.15) is 22.3 Å². The average molecular weight is 472 g/mol. The molecule has 3 nitrogen and oxygen atoms in total. The molecule has 0 saturated heterocycles. The van der Waals surface area contributed by atoms with Crippen molar-refractivity contribution >= 4 is 51.6 Å². The number of halogens is 3. The van der Waals surface area contributed by atoms with E-state index in [4.69, 9.17) is 27.9 Å². The highest BCUT2D eigenvalue weighted by Crippen LogP contribution is 2.33. The summed E-state index contributed by atoms with van der Waals surface area (Å²) in [5, 5.41) is 0.596. The third kappa shape index (κ3) is 3.45. The number of ether oxygens (including phenoxy) is 1. The van der Waals surface area contributed by atoms with Crippen LogP contribution in [0.15, 0.2) is 48.5 Å². The van der Waals surface area contributed by atoms with Crippen LogP contribution in [0.3, 0.4) is 0 Å². The van der Waals surface area contributed by atoms with Crippen LogP contribution in [0.1, 0.15) is 21.6 Å². The van der Waals surface area contributed by atoms with Crippen molar-refractivity contribution in [2.24, 2.45) is 0 Å². The molecular formula is C18H12Cl2INO2. The number of rotatable bonds is 4. The van der Waals surface area contributed by atoms with Crippen molar-refractivity contribution in [1.29, 1.82) is 0 Å². The molecule has 0 amide bonds. The number of carbonyl (C=O) groups excluding carboxylic acids is 1. The Kier molecular flexibility index (Phi) is 5.18. The monoisotopic (exact) mass is 471 g/mol. The number of carbonyl (C=O) groups is 1. The van der Waals surface area contributed by atoms with Gasteiger partial charge in [-0.1, -0.05) is 53.0 Å². The molecule has 1 N–H and O–H groups in total. The van der Waals surface area contributed by atoms with E-state index in [0.717, 1.165) is 5.56 Å². The van der Waals surface area contributed by atoms with Gasteiger partial charge in [-0.15, -0.1) is 0 Å². The van der Waals surface area contributed by atoms with Crippen molar-refractivity contribution in [2.45, 2.75) is 6.92 Å². The SMILES string of the molecule is Cc1ccc(Oc2ccccc2C(=O)c2[nH]c(Cl)c(Cl)c2I)cc1. The van der Waals surface area contributed by atoms with E-state index in [2.05, 4.69) is 4.98 Å². The van der Waals surface area contributed by atoms with Gasteiger partial charge in [0.05, 0.1) is 14.2 Å². The first-order valence-electron chi connectivity index (χ1n) is 7.08. The van der Waals surface area contributed by atoms with E-state index in [1.807, 2.05) is 59.8 Å². The standard InChI is InChI=1S/C18H12Cl2INO2/c1-10-6-8-11(9-7-10)24-13-5-3-2-4-12(13)17(23)16-15(21)14(19)18(20)22-16/h2-9,22H,1H3. The molecule has 6 heteroatoms. The van der Waals surface area contributed by atoms with Gasteiger partial charge in [0, 0.05) is 0 Å². The quantitative estimate of drug-likeness (QED) is 0.360. The van der Waals surface area contributed by atoms with Crippen LogP contribution in [-0.4, -0.2) is 10.8 Å². The molecule has 0 aliphatic heterocycles. The molecule has 0 unspecified atom stereocenters. The summed E-state index contributed by atoms with van der Waals surface area (Å²) in [6, 6.07) is 14.7. The molecule has 1 heterocycles. The number of benzene rings is 2. The zero-order chi connectivity index (χ0) is 17.3. The molecule has 0 radical (unpaired) electrons. The molecule has 0 atom stereocenters. The summed E-state index contributed by atoms with van der Waals surface area (Å²) in [5.41, 5.74) is 1.92. The summed E-state index contributed by atoms with van der Waals surface area (Å²) in [7, 11) is 0. The van der Waals surface area contributed by atoms with Gasteiger partial charge < -0.3 is 9.72 Å². The molecule has 0 aliphatic carbocycles. The number of aromatic nitrogens is 1. The summed E-state index contributed by atoms with van der Waals surface area (Å²) < 4.78 is 6.47. The molecule has 24 heavy (non-hydrogen) atoms. The van der Waals surface area contributed by atoms with Gasteiger partial charge in [-0.2, -0.15) is 0 Å². The number of ketones is 1. The summed E-state index contributed by atoms with van der Waals surface area (Å²) >= 11 is 14.0.